The molecule has 0 saturated carbocycles. The number of benzene rings is 2. The highest BCUT2D eigenvalue weighted by Crippen LogP contribution is 2.23. The fourth-order valence-electron chi connectivity index (χ4n) is 2.90. The first-order valence-corrected chi connectivity index (χ1v) is 11.1. The van der Waals surface area contributed by atoms with Crippen LogP contribution in [-0.2, 0) is 10.0 Å². The molecule has 0 saturated heterocycles. The molecule has 164 valence electrons. The van der Waals surface area contributed by atoms with E-state index in [2.05, 4.69) is 25.0 Å². The lowest BCUT2D eigenvalue weighted by Crippen LogP contribution is -2.13. The van der Waals surface area contributed by atoms with Gasteiger partial charge >= 0.3 is 6.01 Å². The average Bonchev–Trinajstić information content (AvgIpc) is 3.23. The molecule has 0 atom stereocenters. The molecule has 2 aromatic carbocycles. The van der Waals surface area contributed by atoms with Crippen LogP contribution < -0.4 is 10.3 Å². The maximum absolute atomic E-state index is 12.7. The molecule has 11 heteroatoms. The van der Waals surface area contributed by atoms with E-state index in [-0.39, 0.29) is 22.2 Å². The van der Waals surface area contributed by atoms with E-state index >= 15 is 0 Å². The van der Waals surface area contributed by atoms with E-state index in [0.29, 0.717) is 28.5 Å². The standard InChI is InChI=1S/C21H20N6O4S/c1-13-15(3)31-21(22-13)26-32(29,30)18-11-9-16(10-12-18)23-24-19-14(2)25-27(20(19)28)17-7-5-4-6-8-17/h4-12,25H,1-3H3,(H,22,26). The zero-order chi connectivity index (χ0) is 22.9. The second kappa shape index (κ2) is 8.27. The fourth-order valence-corrected chi connectivity index (χ4v) is 3.83. The van der Waals surface area contributed by atoms with E-state index in [0.717, 1.165) is 0 Å². The number of para-hydroxylation sites is 1. The van der Waals surface area contributed by atoms with Gasteiger partial charge in [-0.15, -0.1) is 5.11 Å². The SMILES string of the molecule is Cc1nc(NS(=O)(=O)c2ccc(N=Nc3c(C)[nH]n(-c4ccccc4)c3=O)cc2)oc1C. The van der Waals surface area contributed by atoms with Gasteiger partial charge in [-0.3, -0.25) is 9.89 Å². The van der Waals surface area contributed by atoms with Crippen molar-refractivity contribution < 1.29 is 12.8 Å². The third kappa shape index (κ3) is 4.23. The van der Waals surface area contributed by atoms with E-state index in [9.17, 15) is 13.2 Å². The van der Waals surface area contributed by atoms with Crippen molar-refractivity contribution in [2.24, 2.45) is 10.2 Å². The molecule has 4 aromatic rings. The molecule has 0 bridgehead atoms. The summed E-state index contributed by atoms with van der Waals surface area (Å²) in [5.74, 6) is 0.532. The predicted octanol–water partition coefficient (Wildman–Crippen LogP) is 4.30. The van der Waals surface area contributed by atoms with Gasteiger partial charge in [0.05, 0.1) is 27.7 Å². The van der Waals surface area contributed by atoms with Crippen LogP contribution in [0.5, 0.6) is 0 Å². The summed E-state index contributed by atoms with van der Waals surface area (Å²) in [6.07, 6.45) is 0. The zero-order valence-electron chi connectivity index (χ0n) is 17.5. The zero-order valence-corrected chi connectivity index (χ0v) is 18.3. The Kier molecular flexibility index (Phi) is 5.49. The molecule has 0 radical (unpaired) electrons. The lowest BCUT2D eigenvalue weighted by Gasteiger charge is -2.04. The molecule has 2 N–H and O–H groups in total. The number of nitrogens with zero attached hydrogens (tertiary/aromatic N) is 4. The molecule has 0 aliphatic heterocycles. The molecule has 2 aromatic heterocycles. The molecule has 0 spiro atoms. The van der Waals surface area contributed by atoms with Crippen LogP contribution in [0.3, 0.4) is 0 Å². The van der Waals surface area contributed by atoms with Crippen LogP contribution in [-0.4, -0.2) is 23.2 Å². The van der Waals surface area contributed by atoms with Crippen LogP contribution in [0.25, 0.3) is 5.69 Å². The molecule has 0 aliphatic carbocycles. The first-order chi connectivity index (χ1) is 15.2. The summed E-state index contributed by atoms with van der Waals surface area (Å²) in [7, 11) is -3.88. The van der Waals surface area contributed by atoms with Gasteiger partial charge in [0.2, 0.25) is 0 Å². The second-order valence-corrected chi connectivity index (χ2v) is 8.70. The average molecular weight is 452 g/mol. The minimum atomic E-state index is -3.88. The molecule has 0 fully saturated rings. The molecule has 2 heterocycles. The summed E-state index contributed by atoms with van der Waals surface area (Å²) in [6, 6.07) is 14.8. The van der Waals surface area contributed by atoms with Crippen molar-refractivity contribution in [1.29, 1.82) is 0 Å². The van der Waals surface area contributed by atoms with Crippen LogP contribution in [0.1, 0.15) is 17.1 Å². The largest absolute Gasteiger partial charge is 0.428 e. The highest BCUT2D eigenvalue weighted by molar-refractivity contribution is 7.92. The van der Waals surface area contributed by atoms with Crippen molar-refractivity contribution >= 4 is 27.4 Å². The van der Waals surface area contributed by atoms with Gasteiger partial charge in [-0.1, -0.05) is 18.2 Å². The Morgan fingerprint density at radius 2 is 1.69 bits per heavy atom. The quantitative estimate of drug-likeness (QED) is 0.421. The van der Waals surface area contributed by atoms with Gasteiger partial charge in [0.25, 0.3) is 15.6 Å². The van der Waals surface area contributed by atoms with E-state index < -0.39 is 10.0 Å². The molecule has 32 heavy (non-hydrogen) atoms. The topological polar surface area (TPSA) is 135 Å². The molecule has 0 amide bonds. The highest BCUT2D eigenvalue weighted by Gasteiger charge is 2.18. The number of azo groups is 1. The Balaban J connectivity index is 1.54. The van der Waals surface area contributed by atoms with Crippen molar-refractivity contribution in [3.05, 3.63) is 82.1 Å². The highest BCUT2D eigenvalue weighted by atomic mass is 32.2. The monoisotopic (exact) mass is 452 g/mol. The lowest BCUT2D eigenvalue weighted by molar-refractivity contribution is 0.541. The Hall–Kier alpha value is -3.99. The lowest BCUT2D eigenvalue weighted by atomic mass is 10.3. The first kappa shape index (κ1) is 21.2. The number of aromatic nitrogens is 3. The summed E-state index contributed by atoms with van der Waals surface area (Å²) in [6.45, 7) is 5.14. The smallest absolute Gasteiger partial charge is 0.309 e. The minimum absolute atomic E-state index is 0.00853. The van der Waals surface area contributed by atoms with Crippen molar-refractivity contribution in [3.8, 4) is 5.69 Å². The fraction of sp³-hybridized carbons (Fsp3) is 0.143. The molecule has 0 unspecified atom stereocenters. The van der Waals surface area contributed by atoms with Crippen molar-refractivity contribution in [2.45, 2.75) is 25.7 Å². The third-order valence-corrected chi connectivity index (χ3v) is 6.05. The van der Waals surface area contributed by atoms with Crippen molar-refractivity contribution in [3.63, 3.8) is 0 Å². The van der Waals surface area contributed by atoms with E-state index in [1.54, 1.807) is 32.9 Å². The van der Waals surface area contributed by atoms with Crippen LogP contribution in [0.2, 0.25) is 0 Å². The summed E-state index contributed by atoms with van der Waals surface area (Å²) in [4.78, 5) is 16.7. The maximum atomic E-state index is 12.7. The number of sulfonamides is 1. The number of nitrogens with one attached hydrogen (secondary N) is 2. The van der Waals surface area contributed by atoms with Crippen LogP contribution in [0, 0.1) is 20.8 Å². The maximum Gasteiger partial charge on any atom is 0.309 e. The third-order valence-electron chi connectivity index (χ3n) is 4.72. The van der Waals surface area contributed by atoms with Gasteiger partial charge in [-0.2, -0.15) is 10.1 Å². The number of anilines is 1. The number of aromatic amines is 1. The molecule has 0 aliphatic rings. The second-order valence-electron chi connectivity index (χ2n) is 7.02. The number of aryl methyl sites for hydroxylation is 3. The van der Waals surface area contributed by atoms with Gasteiger partial charge in [0, 0.05) is 0 Å². The normalized spacial score (nSPS) is 11.8. The number of hydrogen-bond acceptors (Lipinski definition) is 7. The van der Waals surface area contributed by atoms with Gasteiger partial charge < -0.3 is 4.42 Å². The van der Waals surface area contributed by atoms with E-state index in [4.69, 9.17) is 4.42 Å². The number of rotatable bonds is 6. The Morgan fingerprint density at radius 1 is 1.00 bits per heavy atom. The molecular weight excluding hydrogens is 432 g/mol. The van der Waals surface area contributed by atoms with E-state index in [1.807, 2.05) is 18.2 Å². The van der Waals surface area contributed by atoms with E-state index in [1.165, 1.54) is 28.9 Å². The van der Waals surface area contributed by atoms with Gasteiger partial charge in [0.15, 0.2) is 5.69 Å². The summed E-state index contributed by atoms with van der Waals surface area (Å²) < 4.78 is 34.0. The minimum Gasteiger partial charge on any atom is -0.428 e. The number of H-pyrrole nitrogens is 1. The van der Waals surface area contributed by atoms with Gasteiger partial charge in [0.1, 0.15) is 5.76 Å². The Bertz CT molecular complexity index is 1430. The van der Waals surface area contributed by atoms with Crippen LogP contribution >= 0.6 is 0 Å². The van der Waals surface area contributed by atoms with Crippen molar-refractivity contribution in [1.82, 2.24) is 14.8 Å². The summed E-state index contributed by atoms with van der Waals surface area (Å²) in [5.41, 5.74) is 2.06. The Labute approximate surface area is 183 Å². The summed E-state index contributed by atoms with van der Waals surface area (Å²) >= 11 is 0. The molecule has 4 rings (SSSR count). The predicted molar refractivity (Wildman–Crippen MR) is 119 cm³/mol. The Morgan fingerprint density at radius 3 is 2.31 bits per heavy atom. The van der Waals surface area contributed by atoms with Gasteiger partial charge in [-0.25, -0.2) is 17.8 Å². The van der Waals surface area contributed by atoms with Crippen molar-refractivity contribution in [2.75, 3.05) is 4.72 Å². The van der Waals surface area contributed by atoms with Gasteiger partial charge in [-0.05, 0) is 57.2 Å². The number of oxazole rings is 1. The number of hydrogen-bond donors (Lipinski definition) is 2. The van der Waals surface area contributed by atoms with Crippen LogP contribution in [0.4, 0.5) is 17.4 Å². The van der Waals surface area contributed by atoms with Crippen LogP contribution in [0.15, 0.2) is 78.9 Å². The molecular formula is C21H20N6O4S. The summed E-state index contributed by atoms with van der Waals surface area (Å²) in [5, 5.41) is 11.1. The first-order valence-electron chi connectivity index (χ1n) is 9.60. The molecule has 10 nitrogen and oxygen atoms in total.